The van der Waals surface area contributed by atoms with Crippen LogP contribution in [-0.2, 0) is 12.8 Å². The van der Waals surface area contributed by atoms with Gasteiger partial charge in [-0.3, -0.25) is 0 Å². The van der Waals surface area contributed by atoms with Crippen molar-refractivity contribution < 1.29 is 0 Å². The molecule has 370 valence electrons. The number of unbranched alkanes of at least 4 members (excludes halogenated alkanes) is 2. The van der Waals surface area contributed by atoms with Crippen molar-refractivity contribution in [1.82, 2.24) is 9.13 Å². The van der Waals surface area contributed by atoms with E-state index in [1.807, 2.05) is 46.7 Å². The Morgan fingerprint density at radius 1 is 0.342 bits per heavy atom. The molecule has 0 saturated heterocycles. The highest BCUT2D eigenvalue weighted by atomic mass is 15.5. The van der Waals surface area contributed by atoms with Crippen molar-refractivity contribution >= 4 is 78.8 Å². The quantitative estimate of drug-likeness (QED) is 0.0674. The molecule has 12 rings (SSSR count). The Morgan fingerprint density at radius 3 is 0.987 bits per heavy atom. The molecule has 0 aliphatic heterocycles. The fourth-order valence-corrected chi connectivity index (χ4v) is 10.6. The van der Waals surface area contributed by atoms with Gasteiger partial charge < -0.3 is 9.13 Å². The normalized spacial score (nSPS) is 11.8. The van der Waals surface area contributed by atoms with Crippen LogP contribution < -0.4 is 10.0 Å². The fourth-order valence-electron chi connectivity index (χ4n) is 10.6. The van der Waals surface area contributed by atoms with Gasteiger partial charge in [0.1, 0.15) is 0 Å². The molecule has 12 aromatic rings. The highest BCUT2D eigenvalue weighted by molar-refractivity contribution is 6.14. The van der Waals surface area contributed by atoms with E-state index >= 15 is 0 Å². The first-order valence-corrected chi connectivity index (χ1v) is 26.8. The van der Waals surface area contributed by atoms with Crippen LogP contribution in [0.3, 0.4) is 0 Å². The minimum absolute atomic E-state index is 0.997. The van der Waals surface area contributed by atoms with Gasteiger partial charge in [0.2, 0.25) is 0 Å². The molecule has 0 aliphatic rings. The van der Waals surface area contributed by atoms with Gasteiger partial charge in [-0.2, -0.15) is 10.2 Å². The van der Waals surface area contributed by atoms with E-state index in [2.05, 4.69) is 241 Å². The highest BCUT2D eigenvalue weighted by Crippen LogP contribution is 2.39. The molecule has 0 fully saturated rings. The second kappa shape index (κ2) is 21.7. The van der Waals surface area contributed by atoms with Crippen molar-refractivity contribution in [1.29, 1.82) is 0 Å². The van der Waals surface area contributed by atoms with Crippen LogP contribution in [-0.4, -0.2) is 21.6 Å². The first-order chi connectivity index (χ1) is 37.6. The molecule has 0 N–H and O–H groups in total. The van der Waals surface area contributed by atoms with Crippen molar-refractivity contribution in [2.75, 3.05) is 10.0 Å². The molecular formula is C70H60N6. The number of aromatic nitrogens is 2. The summed E-state index contributed by atoms with van der Waals surface area (Å²) in [5, 5.41) is 19.0. The van der Waals surface area contributed by atoms with E-state index < -0.39 is 0 Å². The Balaban J connectivity index is 0.991. The molecule has 6 heteroatoms. The van der Waals surface area contributed by atoms with Crippen LogP contribution in [0.2, 0.25) is 0 Å². The van der Waals surface area contributed by atoms with Crippen LogP contribution in [0.5, 0.6) is 0 Å². The molecule has 10 aromatic carbocycles. The smallest absolute Gasteiger partial charge is 0.0652 e. The van der Waals surface area contributed by atoms with Gasteiger partial charge in [-0.1, -0.05) is 148 Å². The number of hydrazone groups is 2. The Kier molecular flexibility index (Phi) is 13.6. The topological polar surface area (TPSA) is 41.1 Å². The Hall–Kier alpha value is -9.26. The molecule has 76 heavy (non-hydrogen) atoms. The predicted octanol–water partition coefficient (Wildman–Crippen LogP) is 18.6. The first kappa shape index (κ1) is 47.7. The molecule has 2 aromatic heterocycles. The van der Waals surface area contributed by atoms with E-state index in [4.69, 9.17) is 10.2 Å². The molecule has 0 bridgehead atoms. The SMILES string of the molecule is CCCCc1ccc(-n2c3ccc(/C=N/N(c4ccccc4)c4ccccc4)cc3c3cc(-c4ccc5c(c4)c4cc(/C=N/N(c6ccccc6)c6ccccc6)ccc4n5-c4ccc(CCCC)cc4)ccc32)cc1. The average molecular weight is 985 g/mol. The summed E-state index contributed by atoms with van der Waals surface area (Å²) in [6.45, 7) is 4.51. The van der Waals surface area contributed by atoms with E-state index in [9.17, 15) is 0 Å². The van der Waals surface area contributed by atoms with Crippen molar-refractivity contribution in [3.05, 3.63) is 265 Å². The highest BCUT2D eigenvalue weighted by Gasteiger charge is 2.18. The molecule has 0 saturated carbocycles. The number of rotatable bonds is 17. The summed E-state index contributed by atoms with van der Waals surface area (Å²) in [5.74, 6) is 0. The minimum Gasteiger partial charge on any atom is -0.309 e. The maximum atomic E-state index is 5.12. The molecule has 0 unspecified atom stereocenters. The van der Waals surface area contributed by atoms with E-state index in [-0.39, 0.29) is 0 Å². The Labute approximate surface area is 445 Å². The third-order valence-corrected chi connectivity index (χ3v) is 14.6. The van der Waals surface area contributed by atoms with Crippen LogP contribution in [0.4, 0.5) is 22.7 Å². The molecule has 0 atom stereocenters. The number of benzene rings is 10. The summed E-state index contributed by atoms with van der Waals surface area (Å²) >= 11 is 0. The lowest BCUT2D eigenvalue weighted by molar-refractivity contribution is 0.795. The van der Waals surface area contributed by atoms with Gasteiger partial charge in [-0.15, -0.1) is 0 Å². The van der Waals surface area contributed by atoms with Gasteiger partial charge in [-0.25, -0.2) is 10.0 Å². The van der Waals surface area contributed by atoms with Gasteiger partial charge >= 0.3 is 0 Å². The summed E-state index contributed by atoms with van der Waals surface area (Å²) in [6, 6.07) is 87.1. The molecule has 0 spiro atoms. The van der Waals surface area contributed by atoms with Gasteiger partial charge in [-0.05, 0) is 180 Å². The van der Waals surface area contributed by atoms with E-state index in [1.165, 1.54) is 58.4 Å². The first-order valence-electron chi connectivity index (χ1n) is 26.8. The van der Waals surface area contributed by atoms with Gasteiger partial charge in [0.15, 0.2) is 0 Å². The van der Waals surface area contributed by atoms with Crippen LogP contribution in [0.15, 0.2) is 253 Å². The summed E-state index contributed by atoms with van der Waals surface area (Å²) in [4.78, 5) is 0. The van der Waals surface area contributed by atoms with Crippen molar-refractivity contribution in [3.63, 3.8) is 0 Å². The van der Waals surface area contributed by atoms with Crippen LogP contribution in [0.25, 0.3) is 66.1 Å². The molecule has 0 radical (unpaired) electrons. The van der Waals surface area contributed by atoms with Gasteiger partial charge in [0.25, 0.3) is 0 Å². The lowest BCUT2D eigenvalue weighted by Crippen LogP contribution is -2.09. The van der Waals surface area contributed by atoms with Crippen LogP contribution >= 0.6 is 0 Å². The molecular weight excluding hydrogens is 925 g/mol. The van der Waals surface area contributed by atoms with Crippen LogP contribution in [0.1, 0.15) is 61.8 Å². The fraction of sp³-hybridized carbons (Fsp3) is 0.114. The number of aryl methyl sites for hydroxylation is 2. The number of para-hydroxylation sites is 4. The van der Waals surface area contributed by atoms with Crippen molar-refractivity contribution in [3.8, 4) is 22.5 Å². The minimum atomic E-state index is 0.997. The third kappa shape index (κ3) is 9.69. The van der Waals surface area contributed by atoms with E-state index in [0.29, 0.717) is 0 Å². The van der Waals surface area contributed by atoms with E-state index in [0.717, 1.165) is 91.3 Å². The second-order valence-electron chi connectivity index (χ2n) is 19.7. The molecule has 0 amide bonds. The van der Waals surface area contributed by atoms with Gasteiger partial charge in [0.05, 0.1) is 57.2 Å². The second-order valence-corrected chi connectivity index (χ2v) is 19.7. The summed E-state index contributed by atoms with van der Waals surface area (Å²) in [5.41, 5.74) is 18.0. The molecule has 2 heterocycles. The zero-order valence-corrected chi connectivity index (χ0v) is 43.2. The molecule has 6 nitrogen and oxygen atoms in total. The zero-order chi connectivity index (χ0) is 51.2. The van der Waals surface area contributed by atoms with Crippen LogP contribution in [0, 0.1) is 0 Å². The maximum Gasteiger partial charge on any atom is 0.0652 e. The predicted molar refractivity (Wildman–Crippen MR) is 323 cm³/mol. The summed E-state index contributed by atoms with van der Waals surface area (Å²) < 4.78 is 4.84. The maximum absolute atomic E-state index is 5.12. The van der Waals surface area contributed by atoms with Crippen molar-refractivity contribution in [2.45, 2.75) is 52.4 Å². The monoisotopic (exact) mass is 984 g/mol. The number of fused-ring (bicyclic) bond motifs is 6. The molecule has 0 aliphatic carbocycles. The Morgan fingerprint density at radius 2 is 0.658 bits per heavy atom. The average Bonchev–Trinajstić information content (AvgIpc) is 4.09. The third-order valence-electron chi connectivity index (χ3n) is 14.6. The van der Waals surface area contributed by atoms with Crippen molar-refractivity contribution in [2.24, 2.45) is 10.2 Å². The lowest BCUT2D eigenvalue weighted by Gasteiger charge is -2.19. The van der Waals surface area contributed by atoms with E-state index in [1.54, 1.807) is 0 Å². The summed E-state index contributed by atoms with van der Waals surface area (Å²) in [6.07, 6.45) is 10.9. The number of nitrogens with zero attached hydrogens (tertiary/aromatic N) is 6. The number of hydrogen-bond acceptors (Lipinski definition) is 4. The Bertz CT molecular complexity index is 3640. The van der Waals surface area contributed by atoms with Gasteiger partial charge in [0, 0.05) is 32.9 Å². The number of hydrogen-bond donors (Lipinski definition) is 0. The lowest BCUT2D eigenvalue weighted by atomic mass is 10.00. The standard InChI is InChI=1S/C70H60N6/c1-3-5-19-51-29-37-57(38-30-51)73-67-41-33-53(49-71-75(59-21-11-7-12-22-59)60-23-13-8-14-24-60)45-63(67)65-47-55(35-43-69(65)73)56-36-44-70-66(48-56)64-46-54(34-42-68(64)74(70)58-39-31-52(32-40-58)20-6-4-2)50-72-76(61-25-15-9-16-26-61)62-27-17-10-18-28-62/h7-18,21-50H,3-6,19-20H2,1-2H3/b71-49+,72-50+. The zero-order valence-electron chi connectivity index (χ0n) is 43.2. The largest absolute Gasteiger partial charge is 0.309 e. The number of anilines is 4. The summed E-state index contributed by atoms with van der Waals surface area (Å²) in [7, 11) is 0.